The first-order chi connectivity index (χ1) is 25.4. The Morgan fingerprint density at radius 1 is 0.566 bits per heavy atom. The number of nitrogen functional groups attached to an aromatic ring is 2. The fraction of sp³-hybridized carbons (Fsp3) is 0.0811. The number of nitrogens with two attached hydrogens (primary N) is 2. The molecule has 0 atom stereocenters. The molecule has 8 aromatic rings. The first-order valence-electron chi connectivity index (χ1n) is 16.0. The molecule has 16 heteroatoms. The Morgan fingerprint density at radius 2 is 1.08 bits per heavy atom. The monoisotopic (exact) mass is 734 g/mol. The fourth-order valence-corrected chi connectivity index (χ4v) is 5.79. The molecule has 0 saturated carbocycles. The lowest BCUT2D eigenvalue weighted by Gasteiger charge is -2.11. The van der Waals surface area contributed by atoms with Crippen LogP contribution in [0.1, 0.15) is 17.2 Å². The van der Waals surface area contributed by atoms with Gasteiger partial charge in [0.1, 0.15) is 52.4 Å². The van der Waals surface area contributed by atoms with Gasteiger partial charge < -0.3 is 22.1 Å². The van der Waals surface area contributed by atoms with Gasteiger partial charge in [-0.3, -0.25) is 9.13 Å². The Balaban J connectivity index is 0.000000164. The van der Waals surface area contributed by atoms with Crippen molar-refractivity contribution in [2.24, 2.45) is 0 Å². The van der Waals surface area contributed by atoms with Crippen molar-refractivity contribution in [2.75, 3.05) is 22.1 Å². The lowest BCUT2D eigenvalue weighted by atomic mass is 10.2. The zero-order valence-corrected chi connectivity index (χ0v) is 29.2. The van der Waals surface area contributed by atoms with E-state index >= 15 is 0 Å². The lowest BCUT2D eigenvalue weighted by Crippen LogP contribution is -2.08. The van der Waals surface area contributed by atoms with E-state index in [9.17, 15) is 13.2 Å². The minimum Gasteiger partial charge on any atom is -0.383 e. The molecule has 0 aliphatic carbocycles. The first-order valence-corrected chi connectivity index (χ1v) is 16.4. The molecule has 4 heterocycles. The van der Waals surface area contributed by atoms with E-state index in [2.05, 4.69) is 40.5 Å². The van der Waals surface area contributed by atoms with Gasteiger partial charge in [-0.25, -0.2) is 23.1 Å². The average Bonchev–Trinajstić information content (AvgIpc) is 3.60. The van der Waals surface area contributed by atoms with Crippen LogP contribution < -0.4 is 22.1 Å². The maximum Gasteiger partial charge on any atom is 0.239 e. The van der Waals surface area contributed by atoms with Crippen LogP contribution in [0, 0.1) is 38.2 Å². The molecule has 0 amide bonds. The minimum atomic E-state index is -0.559. The largest absolute Gasteiger partial charge is 0.383 e. The molecule has 0 aliphatic heterocycles. The molecule has 0 unspecified atom stereocenters. The van der Waals surface area contributed by atoms with Crippen LogP contribution in [0.3, 0.4) is 0 Å². The highest BCUT2D eigenvalue weighted by atomic mass is 35.5. The molecule has 0 radical (unpaired) electrons. The van der Waals surface area contributed by atoms with Crippen molar-refractivity contribution in [3.8, 4) is 11.9 Å². The maximum atomic E-state index is 13.7. The van der Waals surface area contributed by atoms with Gasteiger partial charge in [-0.05, 0) is 80.9 Å². The van der Waals surface area contributed by atoms with Gasteiger partial charge in [0.15, 0.2) is 0 Å². The number of nitrogens with one attached hydrogen (secondary N) is 2. The van der Waals surface area contributed by atoms with E-state index in [1.165, 1.54) is 42.5 Å². The molecule has 6 N–H and O–H groups in total. The topological polar surface area (TPSA) is 163 Å². The SMILES string of the molecule is Cc1cccc(Nc2cc(N)nc(-n3c(C)nc4ccc(F)cc43)n2)c1.Cc1nc2ccc(F)cc2n1-c1nc(N)cc(Nc2ccc(Cl)c(F)c2)n1. The molecule has 0 spiro atoms. The second-order valence-corrected chi connectivity index (χ2v) is 12.4. The third-order valence-electron chi connectivity index (χ3n) is 7.92. The molecule has 266 valence electrons. The maximum absolute atomic E-state index is 13.7. The molecule has 0 bridgehead atoms. The van der Waals surface area contributed by atoms with E-state index in [1.54, 1.807) is 40.3 Å². The Hall–Kier alpha value is -6.74. The zero-order valence-electron chi connectivity index (χ0n) is 28.4. The first kappa shape index (κ1) is 34.7. The van der Waals surface area contributed by atoms with E-state index in [4.69, 9.17) is 23.1 Å². The van der Waals surface area contributed by atoms with Gasteiger partial charge in [0.2, 0.25) is 11.9 Å². The zero-order chi connectivity index (χ0) is 37.4. The summed E-state index contributed by atoms with van der Waals surface area (Å²) in [6.45, 7) is 5.59. The number of anilines is 6. The van der Waals surface area contributed by atoms with E-state index in [0.717, 1.165) is 11.3 Å². The third kappa shape index (κ3) is 7.50. The Bertz CT molecular complexity index is 2660. The number of aromatic nitrogens is 8. The van der Waals surface area contributed by atoms with Gasteiger partial charge in [-0.2, -0.15) is 19.9 Å². The van der Waals surface area contributed by atoms with E-state index < -0.39 is 11.6 Å². The van der Waals surface area contributed by atoms with E-state index in [0.29, 0.717) is 62.8 Å². The molecule has 4 aromatic heterocycles. The van der Waals surface area contributed by atoms with E-state index in [-0.39, 0.29) is 22.6 Å². The van der Waals surface area contributed by atoms with Crippen molar-refractivity contribution in [1.82, 2.24) is 39.0 Å². The molecule has 4 aromatic carbocycles. The average molecular weight is 735 g/mol. The lowest BCUT2D eigenvalue weighted by molar-refractivity contribution is 0.628. The van der Waals surface area contributed by atoms with Crippen LogP contribution in [0.25, 0.3) is 34.0 Å². The van der Waals surface area contributed by atoms with Crippen LogP contribution in [0.5, 0.6) is 0 Å². The van der Waals surface area contributed by atoms with Gasteiger partial charge in [-0.15, -0.1) is 0 Å². The van der Waals surface area contributed by atoms with E-state index in [1.807, 2.05) is 38.1 Å². The van der Waals surface area contributed by atoms with Crippen LogP contribution in [0.2, 0.25) is 5.02 Å². The Labute approximate surface area is 305 Å². The number of imidazole rings is 2. The number of halogens is 4. The summed E-state index contributed by atoms with van der Waals surface area (Å²) in [6, 6.07) is 24.0. The van der Waals surface area contributed by atoms with Crippen LogP contribution >= 0.6 is 11.6 Å². The van der Waals surface area contributed by atoms with Crippen LogP contribution in [-0.2, 0) is 0 Å². The highest BCUT2D eigenvalue weighted by molar-refractivity contribution is 6.30. The number of rotatable bonds is 6. The molecular weight excluding hydrogens is 705 g/mol. The molecule has 8 rings (SSSR count). The fourth-order valence-electron chi connectivity index (χ4n) is 5.67. The molecule has 53 heavy (non-hydrogen) atoms. The van der Waals surface area contributed by atoms with Crippen molar-refractivity contribution in [2.45, 2.75) is 20.8 Å². The molecule has 0 saturated heterocycles. The van der Waals surface area contributed by atoms with Gasteiger partial charge in [-0.1, -0.05) is 23.7 Å². The second kappa shape index (κ2) is 14.1. The predicted octanol–water partition coefficient (Wildman–Crippen LogP) is 8.28. The summed E-state index contributed by atoms with van der Waals surface area (Å²) >= 11 is 5.70. The standard InChI is InChI=1S/C19H17FN6.C18H13ClF2N6/c1-11-4-3-5-14(8-11)23-18-10-17(21)24-19(25-18)26-12(2)22-15-7-6-13(20)9-16(15)26;1-9-23-14-5-2-10(20)6-15(14)27(9)18-25-16(22)8-17(26-18)24-11-3-4-12(19)13(21)7-11/h3-10H,1-2H3,(H3,21,23,24,25);2-8H,1H3,(H3,22,24,25,26). The highest BCUT2D eigenvalue weighted by Gasteiger charge is 2.16. The third-order valence-corrected chi connectivity index (χ3v) is 8.23. The smallest absolute Gasteiger partial charge is 0.239 e. The summed E-state index contributed by atoms with van der Waals surface area (Å²) in [7, 11) is 0. The van der Waals surface area contributed by atoms with Gasteiger partial charge in [0.25, 0.3) is 0 Å². The number of aryl methyl sites for hydroxylation is 3. The minimum absolute atomic E-state index is 0.0194. The normalized spacial score (nSPS) is 11.1. The number of hydrogen-bond donors (Lipinski definition) is 4. The summed E-state index contributed by atoms with van der Waals surface area (Å²) in [5.74, 6) is 1.87. The number of fused-ring (bicyclic) bond motifs is 2. The molecule has 0 fully saturated rings. The summed E-state index contributed by atoms with van der Waals surface area (Å²) in [5, 5.41) is 6.20. The molecule has 12 nitrogen and oxygen atoms in total. The van der Waals surface area contributed by atoms with Gasteiger partial charge >= 0.3 is 0 Å². The summed E-state index contributed by atoms with van der Waals surface area (Å²) in [4.78, 5) is 26.3. The van der Waals surface area contributed by atoms with Crippen molar-refractivity contribution < 1.29 is 13.2 Å². The molecular formula is C37H30ClF3N12. The van der Waals surface area contributed by atoms with Crippen LogP contribution in [0.15, 0.2) is 91.0 Å². The van der Waals surface area contributed by atoms with Crippen molar-refractivity contribution in [3.05, 3.63) is 131 Å². The van der Waals surface area contributed by atoms with Crippen molar-refractivity contribution >= 4 is 68.3 Å². The summed E-state index contributed by atoms with van der Waals surface area (Å²) in [6.07, 6.45) is 0. The number of hydrogen-bond acceptors (Lipinski definition) is 10. The summed E-state index contributed by atoms with van der Waals surface area (Å²) in [5.41, 5.74) is 16.7. The highest BCUT2D eigenvalue weighted by Crippen LogP contribution is 2.26. The second-order valence-electron chi connectivity index (χ2n) is 12.0. The predicted molar refractivity (Wildman–Crippen MR) is 201 cm³/mol. The van der Waals surface area contributed by atoms with Gasteiger partial charge in [0, 0.05) is 35.6 Å². The summed E-state index contributed by atoms with van der Waals surface area (Å²) < 4.78 is 44.3. The Morgan fingerprint density at radius 3 is 1.57 bits per heavy atom. The van der Waals surface area contributed by atoms with Crippen LogP contribution in [-0.4, -0.2) is 39.0 Å². The van der Waals surface area contributed by atoms with Crippen molar-refractivity contribution in [3.63, 3.8) is 0 Å². The quantitative estimate of drug-likeness (QED) is 0.131. The Kier molecular flexibility index (Phi) is 9.24. The molecule has 0 aliphatic rings. The van der Waals surface area contributed by atoms with Gasteiger partial charge in [0.05, 0.1) is 27.1 Å². The number of benzene rings is 4. The van der Waals surface area contributed by atoms with Crippen LogP contribution in [0.4, 0.5) is 47.8 Å². The van der Waals surface area contributed by atoms with Crippen molar-refractivity contribution in [1.29, 1.82) is 0 Å². The number of nitrogens with zero attached hydrogens (tertiary/aromatic N) is 8.